The fourth-order valence-corrected chi connectivity index (χ4v) is 4.31. The normalized spacial score (nSPS) is 19.9. The first-order valence-electron chi connectivity index (χ1n) is 9.99. The predicted octanol–water partition coefficient (Wildman–Crippen LogP) is 2.52. The van der Waals surface area contributed by atoms with Gasteiger partial charge in [0, 0.05) is 31.6 Å². The Hall–Kier alpha value is -3.94. The highest BCUT2D eigenvalue weighted by atomic mass is 16.5. The molecule has 0 unspecified atom stereocenters. The van der Waals surface area contributed by atoms with Gasteiger partial charge in [-0.05, 0) is 24.3 Å². The molecule has 5 rings (SSSR count). The van der Waals surface area contributed by atoms with Gasteiger partial charge in [-0.3, -0.25) is 14.5 Å². The van der Waals surface area contributed by atoms with Crippen LogP contribution in [0, 0.1) is 0 Å². The van der Waals surface area contributed by atoms with E-state index in [2.05, 4.69) is 5.10 Å². The van der Waals surface area contributed by atoms with Crippen LogP contribution in [-0.4, -0.2) is 45.2 Å². The molecule has 0 saturated carbocycles. The van der Waals surface area contributed by atoms with Crippen LogP contribution in [0.3, 0.4) is 0 Å². The topological polar surface area (TPSA) is 84.7 Å². The zero-order valence-corrected chi connectivity index (χ0v) is 16.9. The minimum atomic E-state index is -1.47. The molecule has 3 aromatic rings. The van der Waals surface area contributed by atoms with Gasteiger partial charge in [-0.25, -0.2) is 9.48 Å². The molecule has 3 heterocycles. The van der Waals surface area contributed by atoms with Crippen molar-refractivity contribution >= 4 is 23.5 Å². The summed E-state index contributed by atoms with van der Waals surface area (Å²) in [5.41, 5.74) is 0.961. The number of esters is 1. The average Bonchev–Trinajstić information content (AvgIpc) is 3.42. The quantitative estimate of drug-likeness (QED) is 0.610. The molecule has 0 bridgehead atoms. The highest BCUT2D eigenvalue weighted by Crippen LogP contribution is 2.44. The highest BCUT2D eigenvalue weighted by Gasteiger charge is 2.60. The van der Waals surface area contributed by atoms with Gasteiger partial charge in [-0.15, -0.1) is 0 Å². The van der Waals surface area contributed by atoms with Crippen LogP contribution in [0.25, 0.3) is 5.69 Å². The summed E-state index contributed by atoms with van der Waals surface area (Å²) in [6, 6.07) is 16.4. The van der Waals surface area contributed by atoms with Crippen LogP contribution in [0.2, 0.25) is 0 Å². The van der Waals surface area contributed by atoms with Crippen LogP contribution in [0.5, 0.6) is 0 Å². The van der Waals surface area contributed by atoms with Crippen molar-refractivity contribution < 1.29 is 19.1 Å². The van der Waals surface area contributed by atoms with Crippen LogP contribution in [0.1, 0.15) is 28.8 Å². The van der Waals surface area contributed by atoms with E-state index in [0.29, 0.717) is 16.8 Å². The first-order valence-corrected chi connectivity index (χ1v) is 9.99. The second kappa shape index (κ2) is 7.09. The summed E-state index contributed by atoms with van der Waals surface area (Å²) in [6.45, 7) is -0.0148. The van der Waals surface area contributed by atoms with Crippen molar-refractivity contribution in [2.24, 2.45) is 0 Å². The number of rotatable bonds is 4. The lowest BCUT2D eigenvalue weighted by Gasteiger charge is -2.46. The van der Waals surface area contributed by atoms with Gasteiger partial charge < -0.3 is 9.64 Å². The van der Waals surface area contributed by atoms with E-state index < -0.39 is 11.6 Å². The molecule has 8 heteroatoms. The van der Waals surface area contributed by atoms with Crippen molar-refractivity contribution in [1.29, 1.82) is 0 Å². The second-order valence-corrected chi connectivity index (χ2v) is 7.63. The van der Waals surface area contributed by atoms with E-state index in [4.69, 9.17) is 4.74 Å². The molecule has 1 atom stereocenters. The van der Waals surface area contributed by atoms with E-state index in [1.165, 1.54) is 9.80 Å². The lowest BCUT2D eigenvalue weighted by molar-refractivity contribution is -0.157. The molecule has 1 fully saturated rings. The smallest absolute Gasteiger partial charge is 0.354 e. The minimum Gasteiger partial charge on any atom is -0.458 e. The Morgan fingerprint density at radius 3 is 2.65 bits per heavy atom. The highest BCUT2D eigenvalue weighted by molar-refractivity contribution is 6.15. The summed E-state index contributed by atoms with van der Waals surface area (Å²) in [6.07, 6.45) is 3.75. The SMILES string of the molecule is CN1C(=O)c2ccccc2N2C(=O)CC[C@]12C(=O)OCc1cnn(-c2ccccc2)c1. The molecule has 0 aliphatic carbocycles. The Balaban J connectivity index is 1.42. The number of benzene rings is 2. The first-order chi connectivity index (χ1) is 15.0. The van der Waals surface area contributed by atoms with Crippen LogP contribution in [0.4, 0.5) is 5.69 Å². The molecule has 31 heavy (non-hydrogen) atoms. The van der Waals surface area contributed by atoms with Gasteiger partial charge in [0.25, 0.3) is 5.91 Å². The molecule has 8 nitrogen and oxygen atoms in total. The van der Waals surface area contributed by atoms with Crippen molar-refractivity contribution in [3.63, 3.8) is 0 Å². The van der Waals surface area contributed by atoms with E-state index in [9.17, 15) is 14.4 Å². The third-order valence-corrected chi connectivity index (χ3v) is 5.90. The van der Waals surface area contributed by atoms with Gasteiger partial charge in [0.2, 0.25) is 11.6 Å². The van der Waals surface area contributed by atoms with E-state index >= 15 is 0 Å². The molecule has 2 amide bonds. The second-order valence-electron chi connectivity index (χ2n) is 7.63. The number of hydrogen-bond donors (Lipinski definition) is 0. The lowest BCUT2D eigenvalue weighted by atomic mass is 9.97. The molecule has 0 N–H and O–H groups in total. The average molecular weight is 416 g/mol. The Morgan fingerprint density at radius 1 is 1.10 bits per heavy atom. The molecule has 0 spiro atoms. The molecule has 1 aromatic heterocycles. The third kappa shape index (κ3) is 2.83. The van der Waals surface area contributed by atoms with Gasteiger partial charge in [0.05, 0.1) is 23.1 Å². The summed E-state index contributed by atoms with van der Waals surface area (Å²) in [7, 11) is 1.54. The van der Waals surface area contributed by atoms with Gasteiger partial charge >= 0.3 is 5.97 Å². The summed E-state index contributed by atoms with van der Waals surface area (Å²) in [5.74, 6) is -1.15. The maximum absolute atomic E-state index is 13.3. The van der Waals surface area contributed by atoms with E-state index in [0.717, 1.165) is 5.69 Å². The van der Waals surface area contributed by atoms with Crippen LogP contribution >= 0.6 is 0 Å². The number of fused-ring (bicyclic) bond motifs is 3. The number of likely N-dealkylation sites (N-methyl/N-ethyl adjacent to an activating group) is 1. The van der Waals surface area contributed by atoms with Crippen molar-refractivity contribution in [2.45, 2.75) is 25.1 Å². The first kappa shape index (κ1) is 19.0. The van der Waals surface area contributed by atoms with Crippen LogP contribution < -0.4 is 4.90 Å². The Kier molecular flexibility index (Phi) is 4.35. The number of carbonyl (C=O) groups excluding carboxylic acids is 3. The number of ether oxygens (including phenoxy) is 1. The monoisotopic (exact) mass is 416 g/mol. The van der Waals surface area contributed by atoms with Crippen molar-refractivity contribution in [2.75, 3.05) is 11.9 Å². The van der Waals surface area contributed by atoms with Crippen LogP contribution in [-0.2, 0) is 20.9 Å². The maximum atomic E-state index is 13.3. The number of para-hydroxylation sites is 2. The molecular weight excluding hydrogens is 396 g/mol. The Morgan fingerprint density at radius 2 is 1.84 bits per heavy atom. The standard InChI is InChI=1S/C23H20N4O4/c1-25-21(29)18-9-5-6-10-19(18)27-20(28)11-12-23(25,27)22(30)31-15-16-13-24-26(14-16)17-7-3-2-4-8-17/h2-10,13-14H,11-12,15H2,1H3/t23-/m0/s1. The van der Waals surface area contributed by atoms with Gasteiger partial charge in [-0.2, -0.15) is 5.10 Å². The summed E-state index contributed by atoms with van der Waals surface area (Å²) in [4.78, 5) is 41.8. The van der Waals surface area contributed by atoms with Gasteiger partial charge in [0.15, 0.2) is 0 Å². The van der Waals surface area contributed by atoms with Crippen molar-refractivity contribution in [3.05, 3.63) is 78.1 Å². The van der Waals surface area contributed by atoms with E-state index in [1.807, 2.05) is 30.3 Å². The summed E-state index contributed by atoms with van der Waals surface area (Å²) < 4.78 is 7.32. The van der Waals surface area contributed by atoms with Crippen LogP contribution in [0.15, 0.2) is 67.0 Å². The van der Waals surface area contributed by atoms with E-state index in [1.54, 1.807) is 48.4 Å². The number of aromatic nitrogens is 2. The van der Waals surface area contributed by atoms with E-state index in [-0.39, 0.29) is 31.3 Å². The number of hydrogen-bond acceptors (Lipinski definition) is 5. The zero-order valence-electron chi connectivity index (χ0n) is 16.9. The number of amides is 2. The third-order valence-electron chi connectivity index (χ3n) is 5.90. The zero-order chi connectivity index (χ0) is 21.6. The number of carbonyl (C=O) groups is 3. The summed E-state index contributed by atoms with van der Waals surface area (Å²) in [5, 5.41) is 4.31. The number of anilines is 1. The van der Waals surface area contributed by atoms with Gasteiger partial charge in [0.1, 0.15) is 6.61 Å². The molecule has 0 radical (unpaired) electrons. The predicted molar refractivity (Wildman–Crippen MR) is 111 cm³/mol. The number of nitrogens with zero attached hydrogens (tertiary/aromatic N) is 4. The molecular formula is C23H20N4O4. The molecule has 2 aliphatic rings. The molecule has 156 valence electrons. The Bertz CT molecular complexity index is 1190. The fourth-order valence-electron chi connectivity index (χ4n) is 4.31. The van der Waals surface area contributed by atoms with Gasteiger partial charge in [-0.1, -0.05) is 30.3 Å². The van der Waals surface area contributed by atoms with Crippen molar-refractivity contribution in [1.82, 2.24) is 14.7 Å². The maximum Gasteiger partial charge on any atom is 0.354 e. The molecule has 2 aromatic carbocycles. The Labute approximate surface area is 178 Å². The lowest BCUT2D eigenvalue weighted by Crippen LogP contribution is -2.67. The fraction of sp³-hybridized carbons (Fsp3) is 0.217. The largest absolute Gasteiger partial charge is 0.458 e. The molecule has 2 aliphatic heterocycles. The summed E-state index contributed by atoms with van der Waals surface area (Å²) >= 11 is 0. The molecule has 1 saturated heterocycles. The minimum absolute atomic E-state index is 0.0148. The van der Waals surface area contributed by atoms with Crippen molar-refractivity contribution in [3.8, 4) is 5.69 Å².